The molecule has 1 amide bonds. The molecule has 0 bridgehead atoms. The third-order valence-electron chi connectivity index (χ3n) is 3.68. The Kier molecular flexibility index (Phi) is 4.27. The predicted molar refractivity (Wildman–Crippen MR) is 76.7 cm³/mol. The molecule has 0 spiro atoms. The Hall–Kier alpha value is -2.04. The van der Waals surface area contributed by atoms with Crippen LogP contribution in [-0.2, 0) is 9.59 Å². The minimum Gasteiger partial charge on any atom is -0.481 e. The molecule has 1 saturated heterocycles. The van der Waals surface area contributed by atoms with E-state index in [1.54, 1.807) is 4.90 Å². The number of aliphatic carboxylic acids is 1. The molecule has 0 unspecified atom stereocenters. The summed E-state index contributed by atoms with van der Waals surface area (Å²) in [4.78, 5) is 26.6. The Morgan fingerprint density at radius 3 is 2.45 bits per heavy atom. The summed E-state index contributed by atoms with van der Waals surface area (Å²) in [5, 5.41) is 9.05. The molecule has 0 aromatic heterocycles. The molecule has 108 valence electrons. The molecule has 5 nitrogen and oxygen atoms in total. The average Bonchev–Trinajstić information content (AvgIpc) is 2.38. The van der Waals surface area contributed by atoms with Crippen molar-refractivity contribution in [2.75, 3.05) is 18.0 Å². The molecule has 1 aromatic rings. The van der Waals surface area contributed by atoms with Crippen molar-refractivity contribution in [3.05, 3.63) is 30.3 Å². The van der Waals surface area contributed by atoms with E-state index in [1.807, 2.05) is 37.3 Å². The quantitative estimate of drug-likeness (QED) is 0.910. The molecule has 1 heterocycles. The number of carbonyl (C=O) groups excluding carboxylic acids is 1. The zero-order valence-electron chi connectivity index (χ0n) is 11.8. The summed E-state index contributed by atoms with van der Waals surface area (Å²) in [6.45, 7) is 4.74. The number of amides is 1. The van der Waals surface area contributed by atoms with E-state index in [2.05, 4.69) is 4.90 Å². The van der Waals surface area contributed by atoms with Gasteiger partial charge >= 0.3 is 5.97 Å². The van der Waals surface area contributed by atoms with E-state index in [0.717, 1.165) is 12.2 Å². The topological polar surface area (TPSA) is 60.9 Å². The van der Waals surface area contributed by atoms with Crippen molar-refractivity contribution in [2.24, 2.45) is 0 Å². The number of carboxylic acid groups (broad SMARTS) is 1. The van der Waals surface area contributed by atoms with Crippen LogP contribution in [0.3, 0.4) is 0 Å². The van der Waals surface area contributed by atoms with Gasteiger partial charge in [-0.05, 0) is 19.1 Å². The van der Waals surface area contributed by atoms with E-state index in [-0.39, 0.29) is 24.4 Å². The van der Waals surface area contributed by atoms with Crippen LogP contribution >= 0.6 is 0 Å². The molecule has 1 aliphatic heterocycles. The zero-order chi connectivity index (χ0) is 14.7. The van der Waals surface area contributed by atoms with Crippen molar-refractivity contribution in [3.63, 3.8) is 0 Å². The van der Waals surface area contributed by atoms with E-state index in [4.69, 9.17) is 5.11 Å². The van der Waals surface area contributed by atoms with Gasteiger partial charge in [0.2, 0.25) is 5.91 Å². The number of hydrogen-bond donors (Lipinski definition) is 1. The maximum absolute atomic E-state index is 11.8. The second kappa shape index (κ2) is 5.94. The lowest BCUT2D eigenvalue weighted by molar-refractivity contribution is -0.141. The van der Waals surface area contributed by atoms with Gasteiger partial charge in [0.15, 0.2) is 0 Å². The highest BCUT2D eigenvalue weighted by molar-refractivity contribution is 5.76. The molecule has 0 radical (unpaired) electrons. The average molecular weight is 276 g/mol. The molecule has 0 aliphatic carbocycles. The molecule has 5 heteroatoms. The number of carbonyl (C=O) groups is 2. The Balaban J connectivity index is 2.21. The molecular formula is C15H20N2O3. The second-order valence-corrected chi connectivity index (χ2v) is 5.27. The van der Waals surface area contributed by atoms with Crippen LogP contribution < -0.4 is 4.90 Å². The van der Waals surface area contributed by atoms with E-state index in [9.17, 15) is 9.59 Å². The fraction of sp³-hybridized carbons (Fsp3) is 0.467. The number of rotatable bonds is 3. The molecule has 1 aromatic carbocycles. The first-order valence-electron chi connectivity index (χ1n) is 6.79. The highest BCUT2D eigenvalue weighted by Crippen LogP contribution is 2.24. The van der Waals surface area contributed by atoms with Crippen molar-refractivity contribution in [2.45, 2.75) is 32.4 Å². The highest BCUT2D eigenvalue weighted by Gasteiger charge is 2.34. The van der Waals surface area contributed by atoms with Gasteiger partial charge < -0.3 is 14.9 Å². The van der Waals surface area contributed by atoms with Crippen LogP contribution in [0.2, 0.25) is 0 Å². The van der Waals surface area contributed by atoms with Crippen molar-refractivity contribution >= 4 is 17.6 Å². The van der Waals surface area contributed by atoms with Gasteiger partial charge in [0, 0.05) is 31.7 Å². The predicted octanol–water partition coefficient (Wildman–Crippen LogP) is 1.59. The zero-order valence-corrected chi connectivity index (χ0v) is 11.8. The molecule has 0 saturated carbocycles. The lowest BCUT2D eigenvalue weighted by Gasteiger charge is -2.46. The van der Waals surface area contributed by atoms with Gasteiger partial charge in [-0.1, -0.05) is 18.2 Å². The van der Waals surface area contributed by atoms with E-state index >= 15 is 0 Å². The van der Waals surface area contributed by atoms with Gasteiger partial charge in [0.25, 0.3) is 0 Å². The Morgan fingerprint density at radius 1 is 1.25 bits per heavy atom. The Labute approximate surface area is 118 Å². The monoisotopic (exact) mass is 276 g/mol. The lowest BCUT2D eigenvalue weighted by Crippen LogP contribution is -2.59. The number of piperazine rings is 1. The van der Waals surface area contributed by atoms with Gasteiger partial charge in [-0.2, -0.15) is 0 Å². The molecule has 2 rings (SSSR count). The van der Waals surface area contributed by atoms with Crippen LogP contribution in [0.5, 0.6) is 0 Å². The van der Waals surface area contributed by atoms with Gasteiger partial charge in [0.05, 0.1) is 12.5 Å². The number of nitrogens with zero attached hydrogens (tertiary/aromatic N) is 2. The first-order valence-corrected chi connectivity index (χ1v) is 6.79. The fourth-order valence-electron chi connectivity index (χ4n) is 2.97. The molecule has 1 N–H and O–H groups in total. The molecular weight excluding hydrogens is 256 g/mol. The summed E-state index contributed by atoms with van der Waals surface area (Å²) in [6, 6.07) is 9.61. The first kappa shape index (κ1) is 14.4. The van der Waals surface area contributed by atoms with Gasteiger partial charge in [-0.3, -0.25) is 9.59 Å². The summed E-state index contributed by atoms with van der Waals surface area (Å²) < 4.78 is 0. The number of hydrogen-bond acceptors (Lipinski definition) is 3. The lowest BCUT2D eigenvalue weighted by atomic mass is 10.0. The highest BCUT2D eigenvalue weighted by atomic mass is 16.4. The van der Waals surface area contributed by atoms with Crippen LogP contribution in [0.15, 0.2) is 30.3 Å². The summed E-state index contributed by atoms with van der Waals surface area (Å²) >= 11 is 0. The number of benzene rings is 1. The third kappa shape index (κ3) is 3.10. The first-order chi connectivity index (χ1) is 9.49. The summed E-state index contributed by atoms with van der Waals surface area (Å²) in [7, 11) is 0. The number of carboxylic acids is 1. The molecule has 1 fully saturated rings. The summed E-state index contributed by atoms with van der Waals surface area (Å²) in [6.07, 6.45) is -0.0206. The fourth-order valence-corrected chi connectivity index (χ4v) is 2.97. The van der Waals surface area contributed by atoms with Gasteiger partial charge in [-0.25, -0.2) is 0 Å². The largest absolute Gasteiger partial charge is 0.481 e. The van der Waals surface area contributed by atoms with Crippen LogP contribution in [-0.4, -0.2) is 47.1 Å². The SMILES string of the molecule is CC(=O)N1[C@@H](CC(=O)O)CN(c2ccccc2)C[C@H]1C. The minimum atomic E-state index is -0.872. The third-order valence-corrected chi connectivity index (χ3v) is 3.68. The summed E-state index contributed by atoms with van der Waals surface area (Å²) in [5.74, 6) is -0.931. The molecule has 1 aliphatic rings. The Morgan fingerprint density at radius 2 is 1.90 bits per heavy atom. The van der Waals surface area contributed by atoms with Crippen LogP contribution in [0.1, 0.15) is 20.3 Å². The van der Waals surface area contributed by atoms with Crippen LogP contribution in [0.4, 0.5) is 5.69 Å². The van der Waals surface area contributed by atoms with E-state index in [0.29, 0.717) is 6.54 Å². The maximum atomic E-state index is 11.8. The number of para-hydroxylation sites is 1. The van der Waals surface area contributed by atoms with Gasteiger partial charge in [-0.15, -0.1) is 0 Å². The molecule has 2 atom stereocenters. The smallest absolute Gasteiger partial charge is 0.305 e. The van der Waals surface area contributed by atoms with E-state index < -0.39 is 5.97 Å². The summed E-state index contributed by atoms with van der Waals surface area (Å²) in [5.41, 5.74) is 1.07. The maximum Gasteiger partial charge on any atom is 0.305 e. The van der Waals surface area contributed by atoms with Crippen molar-refractivity contribution in [1.29, 1.82) is 0 Å². The van der Waals surface area contributed by atoms with Crippen molar-refractivity contribution in [1.82, 2.24) is 4.90 Å². The van der Waals surface area contributed by atoms with Gasteiger partial charge in [0.1, 0.15) is 0 Å². The number of anilines is 1. The standard InChI is InChI=1S/C15H20N2O3/c1-11-9-16(13-6-4-3-5-7-13)10-14(8-15(19)20)17(11)12(2)18/h3-7,11,14H,8-10H2,1-2H3,(H,19,20)/t11-,14+/m1/s1. The normalized spacial score (nSPS) is 22.7. The minimum absolute atomic E-state index is 0.00538. The van der Waals surface area contributed by atoms with Crippen molar-refractivity contribution in [3.8, 4) is 0 Å². The van der Waals surface area contributed by atoms with Crippen molar-refractivity contribution < 1.29 is 14.7 Å². The second-order valence-electron chi connectivity index (χ2n) is 5.27. The van der Waals surface area contributed by atoms with Crippen LogP contribution in [0.25, 0.3) is 0 Å². The van der Waals surface area contributed by atoms with E-state index in [1.165, 1.54) is 6.92 Å². The Bertz CT molecular complexity index is 489. The molecule has 20 heavy (non-hydrogen) atoms. The van der Waals surface area contributed by atoms with Crippen LogP contribution in [0, 0.1) is 0 Å².